The maximum absolute atomic E-state index is 13.1. The second-order valence-corrected chi connectivity index (χ2v) is 3.60. The molecule has 1 rings (SSSR count). The van der Waals surface area contributed by atoms with Crippen molar-refractivity contribution >= 4 is 23.2 Å². The first-order chi connectivity index (χ1) is 7.45. The van der Waals surface area contributed by atoms with E-state index in [9.17, 15) is 18.0 Å². The molecular formula is C10H9ClF3NO. The van der Waals surface area contributed by atoms with Crippen LogP contribution in [0.25, 0.3) is 0 Å². The number of rotatable bonds is 3. The van der Waals surface area contributed by atoms with E-state index in [2.05, 4.69) is 5.32 Å². The highest BCUT2D eigenvalue weighted by Gasteiger charge is 2.15. The molecule has 0 fully saturated rings. The van der Waals surface area contributed by atoms with Crippen LogP contribution in [0.4, 0.5) is 18.9 Å². The van der Waals surface area contributed by atoms with Crippen LogP contribution < -0.4 is 5.32 Å². The molecule has 6 heteroatoms. The van der Waals surface area contributed by atoms with E-state index in [-0.39, 0.29) is 5.88 Å². The second kappa shape index (κ2) is 5.21. The minimum atomic E-state index is -1.30. The van der Waals surface area contributed by atoms with Crippen molar-refractivity contribution in [2.45, 2.75) is 6.92 Å². The average molecular weight is 252 g/mol. The Morgan fingerprint density at radius 2 is 1.88 bits per heavy atom. The largest absolute Gasteiger partial charge is 0.323 e. The van der Waals surface area contributed by atoms with Crippen molar-refractivity contribution in [2.75, 3.05) is 11.2 Å². The third kappa shape index (κ3) is 2.88. The van der Waals surface area contributed by atoms with Crippen molar-refractivity contribution < 1.29 is 18.0 Å². The molecule has 1 atom stereocenters. The number of carbonyl (C=O) groups excluding carboxylic acids is 1. The lowest BCUT2D eigenvalue weighted by Crippen LogP contribution is -2.22. The fourth-order valence-corrected chi connectivity index (χ4v) is 1.08. The van der Waals surface area contributed by atoms with E-state index >= 15 is 0 Å². The zero-order valence-corrected chi connectivity index (χ0v) is 9.12. The number of halogens is 4. The molecule has 0 radical (unpaired) electrons. The molecule has 0 aliphatic rings. The second-order valence-electron chi connectivity index (χ2n) is 3.29. The lowest BCUT2D eigenvalue weighted by molar-refractivity contribution is -0.118. The van der Waals surface area contributed by atoms with Gasteiger partial charge in [-0.25, -0.2) is 13.2 Å². The van der Waals surface area contributed by atoms with Gasteiger partial charge in [-0.05, 0) is 0 Å². The minimum Gasteiger partial charge on any atom is -0.323 e. The maximum atomic E-state index is 13.1. The van der Waals surface area contributed by atoms with Crippen molar-refractivity contribution in [3.05, 3.63) is 29.6 Å². The maximum Gasteiger partial charge on any atom is 0.228 e. The summed E-state index contributed by atoms with van der Waals surface area (Å²) in [5.41, 5.74) is -0.402. The summed E-state index contributed by atoms with van der Waals surface area (Å²) in [6.07, 6.45) is 0. The van der Waals surface area contributed by atoms with Crippen molar-refractivity contribution in [2.24, 2.45) is 5.92 Å². The van der Waals surface area contributed by atoms with Crippen LogP contribution in [-0.4, -0.2) is 11.8 Å². The molecule has 0 aromatic heterocycles. The van der Waals surface area contributed by atoms with Crippen LogP contribution in [0.2, 0.25) is 0 Å². The molecule has 0 aliphatic heterocycles. The van der Waals surface area contributed by atoms with Crippen LogP contribution in [0.1, 0.15) is 6.92 Å². The first-order valence-corrected chi connectivity index (χ1v) is 5.00. The Morgan fingerprint density at radius 1 is 1.31 bits per heavy atom. The van der Waals surface area contributed by atoms with E-state index in [1.54, 1.807) is 0 Å². The van der Waals surface area contributed by atoms with Crippen LogP contribution in [0, 0.1) is 23.4 Å². The van der Waals surface area contributed by atoms with Gasteiger partial charge in [-0.15, -0.1) is 11.6 Å². The van der Waals surface area contributed by atoms with Gasteiger partial charge in [0.2, 0.25) is 5.91 Å². The number of nitrogens with one attached hydrogen (secondary N) is 1. The highest BCUT2D eigenvalue weighted by Crippen LogP contribution is 2.19. The normalized spacial score (nSPS) is 12.3. The standard InChI is InChI=1S/C10H9ClF3NO/c1-5(4-11)10(16)15-9-3-7(13)6(12)2-8(9)14/h2-3,5H,4H2,1H3,(H,15,16). The Balaban J connectivity index is 2.90. The van der Waals surface area contributed by atoms with E-state index in [0.717, 1.165) is 0 Å². The van der Waals surface area contributed by atoms with Gasteiger partial charge in [0.15, 0.2) is 11.6 Å². The van der Waals surface area contributed by atoms with E-state index in [4.69, 9.17) is 11.6 Å². The van der Waals surface area contributed by atoms with Gasteiger partial charge in [0.1, 0.15) is 5.82 Å². The summed E-state index contributed by atoms with van der Waals surface area (Å²) < 4.78 is 38.5. The monoisotopic (exact) mass is 251 g/mol. The summed E-state index contributed by atoms with van der Waals surface area (Å²) in [5, 5.41) is 2.12. The van der Waals surface area contributed by atoms with Crippen LogP contribution in [0.15, 0.2) is 12.1 Å². The molecule has 0 spiro atoms. The SMILES string of the molecule is CC(CCl)C(=O)Nc1cc(F)c(F)cc1F. The average Bonchev–Trinajstić information content (AvgIpc) is 2.24. The predicted octanol–water partition coefficient (Wildman–Crippen LogP) is 2.92. The number of amides is 1. The Morgan fingerprint density at radius 3 is 2.44 bits per heavy atom. The van der Waals surface area contributed by atoms with Gasteiger partial charge in [-0.3, -0.25) is 4.79 Å². The summed E-state index contributed by atoms with van der Waals surface area (Å²) in [6, 6.07) is 0.958. The van der Waals surface area contributed by atoms with Crippen molar-refractivity contribution in [1.82, 2.24) is 0 Å². The smallest absolute Gasteiger partial charge is 0.228 e. The molecule has 0 saturated heterocycles. The van der Waals surface area contributed by atoms with Crippen molar-refractivity contribution in [1.29, 1.82) is 0 Å². The summed E-state index contributed by atoms with van der Waals surface area (Å²) in [6.45, 7) is 1.53. The van der Waals surface area contributed by atoms with E-state index in [0.29, 0.717) is 12.1 Å². The number of hydrogen-bond donors (Lipinski definition) is 1. The lowest BCUT2D eigenvalue weighted by Gasteiger charge is -2.10. The number of hydrogen-bond acceptors (Lipinski definition) is 1. The fourth-order valence-electron chi connectivity index (χ4n) is 0.944. The molecule has 1 aromatic rings. The van der Waals surface area contributed by atoms with Crippen LogP contribution in [0.3, 0.4) is 0 Å². The molecule has 1 unspecified atom stereocenters. The molecule has 2 nitrogen and oxygen atoms in total. The van der Waals surface area contributed by atoms with Gasteiger partial charge in [0, 0.05) is 23.9 Å². The van der Waals surface area contributed by atoms with Gasteiger partial charge in [-0.2, -0.15) is 0 Å². The predicted molar refractivity (Wildman–Crippen MR) is 54.8 cm³/mol. The minimum absolute atomic E-state index is 0.0527. The van der Waals surface area contributed by atoms with E-state index < -0.39 is 35.0 Å². The molecule has 1 N–H and O–H groups in total. The number of anilines is 1. The molecule has 0 heterocycles. The van der Waals surface area contributed by atoms with Crippen LogP contribution in [0.5, 0.6) is 0 Å². The van der Waals surface area contributed by atoms with E-state index in [1.165, 1.54) is 6.92 Å². The third-order valence-electron chi connectivity index (χ3n) is 1.95. The van der Waals surface area contributed by atoms with Gasteiger partial charge < -0.3 is 5.32 Å². The Bertz CT molecular complexity index is 411. The summed E-state index contributed by atoms with van der Waals surface area (Å²) in [4.78, 5) is 11.3. The van der Waals surface area contributed by atoms with Crippen molar-refractivity contribution in [3.63, 3.8) is 0 Å². The zero-order chi connectivity index (χ0) is 12.3. The van der Waals surface area contributed by atoms with Crippen LogP contribution in [-0.2, 0) is 4.79 Å². The van der Waals surface area contributed by atoms with Gasteiger partial charge in [0.05, 0.1) is 5.69 Å². The molecule has 16 heavy (non-hydrogen) atoms. The number of benzene rings is 1. The Kier molecular flexibility index (Phi) is 4.18. The quantitative estimate of drug-likeness (QED) is 0.650. The fraction of sp³-hybridized carbons (Fsp3) is 0.300. The summed E-state index contributed by atoms with van der Waals surface area (Å²) in [7, 11) is 0. The molecule has 88 valence electrons. The van der Waals surface area contributed by atoms with Crippen molar-refractivity contribution in [3.8, 4) is 0 Å². The molecule has 0 bridgehead atoms. The number of alkyl halides is 1. The van der Waals surface area contributed by atoms with Gasteiger partial charge in [0.25, 0.3) is 0 Å². The van der Waals surface area contributed by atoms with Crippen LogP contribution >= 0.6 is 11.6 Å². The molecule has 1 amide bonds. The topological polar surface area (TPSA) is 29.1 Å². The molecule has 0 aliphatic carbocycles. The molecular weight excluding hydrogens is 243 g/mol. The summed E-state index contributed by atoms with van der Waals surface area (Å²) in [5.74, 6) is -4.61. The third-order valence-corrected chi connectivity index (χ3v) is 2.41. The first kappa shape index (κ1) is 12.8. The molecule has 1 aromatic carbocycles. The Labute approximate surface area is 95.4 Å². The first-order valence-electron chi connectivity index (χ1n) is 4.47. The van der Waals surface area contributed by atoms with Gasteiger partial charge >= 0.3 is 0 Å². The highest BCUT2D eigenvalue weighted by molar-refractivity contribution is 6.19. The van der Waals surface area contributed by atoms with E-state index in [1.807, 2.05) is 0 Å². The van der Waals surface area contributed by atoms with Gasteiger partial charge in [-0.1, -0.05) is 6.92 Å². The summed E-state index contributed by atoms with van der Waals surface area (Å²) >= 11 is 5.42. The highest BCUT2D eigenvalue weighted by atomic mass is 35.5. The Hall–Kier alpha value is -1.23. The lowest BCUT2D eigenvalue weighted by atomic mass is 10.2. The molecule has 0 saturated carbocycles. The number of carbonyl (C=O) groups is 1. The zero-order valence-electron chi connectivity index (χ0n) is 8.36.